The van der Waals surface area contributed by atoms with E-state index in [1.165, 1.54) is 16.8 Å². The standard InChI is InChI=1S/C12H19N/c1-9-6-10(12(2,3)4)8-11(7-9)13-5/h6-8,13H,1-5H3. The fourth-order valence-electron chi connectivity index (χ4n) is 1.36. The highest BCUT2D eigenvalue weighted by molar-refractivity contribution is 5.49. The van der Waals surface area contributed by atoms with Crippen molar-refractivity contribution in [3.8, 4) is 0 Å². The van der Waals surface area contributed by atoms with Crippen LogP contribution in [0.5, 0.6) is 0 Å². The molecule has 0 aromatic heterocycles. The molecule has 1 heteroatoms. The zero-order valence-electron chi connectivity index (χ0n) is 9.23. The van der Waals surface area contributed by atoms with Gasteiger partial charge in [0.15, 0.2) is 0 Å². The summed E-state index contributed by atoms with van der Waals surface area (Å²) in [5, 5.41) is 3.18. The van der Waals surface area contributed by atoms with Crippen molar-refractivity contribution in [2.24, 2.45) is 0 Å². The predicted molar refractivity (Wildman–Crippen MR) is 59.4 cm³/mol. The smallest absolute Gasteiger partial charge is 0.0343 e. The number of hydrogen-bond acceptors (Lipinski definition) is 1. The molecule has 72 valence electrons. The topological polar surface area (TPSA) is 12.0 Å². The number of aryl methyl sites for hydroxylation is 1. The normalized spacial score (nSPS) is 11.5. The number of anilines is 1. The molecule has 0 aliphatic rings. The summed E-state index contributed by atoms with van der Waals surface area (Å²) < 4.78 is 0. The molecule has 13 heavy (non-hydrogen) atoms. The summed E-state index contributed by atoms with van der Waals surface area (Å²) in [5.74, 6) is 0. The van der Waals surface area contributed by atoms with Crippen LogP contribution in [0.2, 0.25) is 0 Å². The van der Waals surface area contributed by atoms with Crippen LogP contribution in [-0.2, 0) is 5.41 Å². The van der Waals surface area contributed by atoms with Crippen LogP contribution in [0.1, 0.15) is 31.9 Å². The van der Waals surface area contributed by atoms with E-state index in [0.717, 1.165) is 0 Å². The van der Waals surface area contributed by atoms with Gasteiger partial charge in [0.1, 0.15) is 0 Å². The van der Waals surface area contributed by atoms with Crippen molar-refractivity contribution in [2.75, 3.05) is 12.4 Å². The predicted octanol–water partition coefficient (Wildman–Crippen LogP) is 3.33. The highest BCUT2D eigenvalue weighted by Gasteiger charge is 2.14. The Labute approximate surface area is 81.2 Å². The quantitative estimate of drug-likeness (QED) is 0.693. The van der Waals surface area contributed by atoms with E-state index in [9.17, 15) is 0 Å². The van der Waals surface area contributed by atoms with Crippen LogP contribution >= 0.6 is 0 Å². The molecule has 0 radical (unpaired) electrons. The maximum atomic E-state index is 3.18. The fraction of sp³-hybridized carbons (Fsp3) is 0.500. The first kappa shape index (κ1) is 10.1. The van der Waals surface area contributed by atoms with Gasteiger partial charge in [0.2, 0.25) is 0 Å². The van der Waals surface area contributed by atoms with E-state index in [2.05, 4.69) is 51.2 Å². The third-order valence-corrected chi connectivity index (χ3v) is 2.23. The molecule has 0 saturated carbocycles. The highest BCUT2D eigenvalue weighted by atomic mass is 14.8. The third kappa shape index (κ3) is 2.48. The van der Waals surface area contributed by atoms with Gasteiger partial charge in [-0.25, -0.2) is 0 Å². The molecule has 0 fully saturated rings. The Morgan fingerprint density at radius 1 is 1.08 bits per heavy atom. The lowest BCUT2D eigenvalue weighted by Crippen LogP contribution is -2.11. The zero-order chi connectivity index (χ0) is 10.1. The van der Waals surface area contributed by atoms with Gasteiger partial charge < -0.3 is 5.32 Å². The number of hydrogen-bond donors (Lipinski definition) is 1. The van der Waals surface area contributed by atoms with E-state index in [1.54, 1.807) is 0 Å². The Morgan fingerprint density at radius 2 is 1.69 bits per heavy atom. The van der Waals surface area contributed by atoms with Gasteiger partial charge in [-0.1, -0.05) is 26.8 Å². The van der Waals surface area contributed by atoms with Crippen LogP contribution in [0.15, 0.2) is 18.2 Å². The Balaban J connectivity index is 3.16. The van der Waals surface area contributed by atoms with Crippen molar-refractivity contribution in [1.29, 1.82) is 0 Å². The number of rotatable bonds is 1. The molecule has 1 rings (SSSR count). The molecule has 1 N–H and O–H groups in total. The molecule has 0 heterocycles. The largest absolute Gasteiger partial charge is 0.388 e. The SMILES string of the molecule is CNc1cc(C)cc(C(C)(C)C)c1. The molecular formula is C12H19N. The number of benzene rings is 1. The van der Waals surface area contributed by atoms with Crippen molar-refractivity contribution < 1.29 is 0 Å². The summed E-state index contributed by atoms with van der Waals surface area (Å²) in [6.07, 6.45) is 0. The minimum atomic E-state index is 0.234. The first-order valence-electron chi connectivity index (χ1n) is 4.73. The molecule has 1 aromatic rings. The second-order valence-electron chi connectivity index (χ2n) is 4.59. The monoisotopic (exact) mass is 177 g/mol. The van der Waals surface area contributed by atoms with Gasteiger partial charge in [-0.05, 0) is 35.6 Å². The van der Waals surface area contributed by atoms with Gasteiger partial charge in [-0.15, -0.1) is 0 Å². The number of nitrogens with one attached hydrogen (secondary N) is 1. The van der Waals surface area contributed by atoms with Crippen LogP contribution in [-0.4, -0.2) is 7.05 Å². The van der Waals surface area contributed by atoms with E-state index in [4.69, 9.17) is 0 Å². The van der Waals surface area contributed by atoms with Crippen LogP contribution < -0.4 is 5.32 Å². The first-order chi connectivity index (χ1) is 5.93. The van der Waals surface area contributed by atoms with Gasteiger partial charge >= 0.3 is 0 Å². The second kappa shape index (κ2) is 3.41. The lowest BCUT2D eigenvalue weighted by molar-refractivity contribution is 0.590. The zero-order valence-corrected chi connectivity index (χ0v) is 9.23. The van der Waals surface area contributed by atoms with Gasteiger partial charge in [0.25, 0.3) is 0 Å². The van der Waals surface area contributed by atoms with E-state index in [1.807, 2.05) is 7.05 Å². The summed E-state index contributed by atoms with van der Waals surface area (Å²) in [5.41, 5.74) is 4.14. The van der Waals surface area contributed by atoms with Crippen LogP contribution in [0.25, 0.3) is 0 Å². The summed E-state index contributed by atoms with van der Waals surface area (Å²) in [7, 11) is 1.96. The minimum Gasteiger partial charge on any atom is -0.388 e. The molecule has 1 nitrogen and oxygen atoms in total. The first-order valence-corrected chi connectivity index (χ1v) is 4.73. The average Bonchev–Trinajstić information content (AvgIpc) is 2.01. The molecule has 0 spiro atoms. The van der Waals surface area contributed by atoms with Gasteiger partial charge in [-0.2, -0.15) is 0 Å². The summed E-state index contributed by atoms with van der Waals surface area (Å²) in [6, 6.07) is 6.63. The molecule has 0 amide bonds. The van der Waals surface area contributed by atoms with Crippen LogP contribution in [0.4, 0.5) is 5.69 Å². The minimum absolute atomic E-state index is 0.234. The van der Waals surface area contributed by atoms with Crippen molar-refractivity contribution in [3.05, 3.63) is 29.3 Å². The molecule has 0 atom stereocenters. The van der Waals surface area contributed by atoms with Gasteiger partial charge in [0, 0.05) is 12.7 Å². The van der Waals surface area contributed by atoms with Crippen LogP contribution in [0, 0.1) is 6.92 Å². The lowest BCUT2D eigenvalue weighted by Gasteiger charge is -2.20. The molecule has 1 aromatic carbocycles. The Hall–Kier alpha value is -0.980. The van der Waals surface area contributed by atoms with Crippen LogP contribution in [0.3, 0.4) is 0 Å². The lowest BCUT2D eigenvalue weighted by atomic mass is 9.86. The van der Waals surface area contributed by atoms with E-state index < -0.39 is 0 Å². The Kier molecular flexibility index (Phi) is 2.65. The van der Waals surface area contributed by atoms with Crippen molar-refractivity contribution in [2.45, 2.75) is 33.1 Å². The van der Waals surface area contributed by atoms with Gasteiger partial charge in [0.05, 0.1) is 0 Å². The van der Waals surface area contributed by atoms with Crippen molar-refractivity contribution in [3.63, 3.8) is 0 Å². The fourth-order valence-corrected chi connectivity index (χ4v) is 1.36. The molecule has 0 saturated heterocycles. The summed E-state index contributed by atoms with van der Waals surface area (Å²) in [6.45, 7) is 8.85. The van der Waals surface area contributed by atoms with E-state index in [0.29, 0.717) is 0 Å². The Bertz CT molecular complexity index is 294. The molecular weight excluding hydrogens is 158 g/mol. The van der Waals surface area contributed by atoms with E-state index in [-0.39, 0.29) is 5.41 Å². The highest BCUT2D eigenvalue weighted by Crippen LogP contribution is 2.25. The van der Waals surface area contributed by atoms with Crippen molar-refractivity contribution in [1.82, 2.24) is 0 Å². The van der Waals surface area contributed by atoms with E-state index >= 15 is 0 Å². The summed E-state index contributed by atoms with van der Waals surface area (Å²) in [4.78, 5) is 0. The maximum Gasteiger partial charge on any atom is 0.0343 e. The molecule has 0 aliphatic carbocycles. The molecule has 0 aliphatic heterocycles. The summed E-state index contributed by atoms with van der Waals surface area (Å²) >= 11 is 0. The van der Waals surface area contributed by atoms with Gasteiger partial charge in [-0.3, -0.25) is 0 Å². The second-order valence-corrected chi connectivity index (χ2v) is 4.59. The molecule has 0 bridgehead atoms. The van der Waals surface area contributed by atoms with Crippen molar-refractivity contribution >= 4 is 5.69 Å². The molecule has 0 unspecified atom stereocenters. The third-order valence-electron chi connectivity index (χ3n) is 2.23. The average molecular weight is 177 g/mol. The Morgan fingerprint density at radius 3 is 2.15 bits per heavy atom. The maximum absolute atomic E-state index is 3.18.